The van der Waals surface area contributed by atoms with E-state index in [1.165, 1.54) is 6.42 Å². The fraction of sp³-hybridized carbons (Fsp3) is 0.696. The minimum atomic E-state index is 0.147. The number of likely N-dealkylation sites (tertiary alicyclic amines) is 1. The first-order valence-electron chi connectivity index (χ1n) is 10.7. The van der Waals surface area contributed by atoms with Gasteiger partial charge in [0.25, 0.3) is 0 Å². The Balaban J connectivity index is 1.60. The van der Waals surface area contributed by atoms with Crippen molar-refractivity contribution in [1.82, 2.24) is 4.90 Å². The van der Waals surface area contributed by atoms with Crippen LogP contribution in [0, 0.1) is 22.7 Å². The third kappa shape index (κ3) is 3.66. The first-order chi connectivity index (χ1) is 13.5. The van der Waals surface area contributed by atoms with Gasteiger partial charge in [0.05, 0.1) is 17.7 Å². The lowest BCUT2D eigenvalue weighted by Gasteiger charge is -2.44. The van der Waals surface area contributed by atoms with E-state index in [0.717, 1.165) is 50.9 Å². The van der Waals surface area contributed by atoms with E-state index < -0.39 is 0 Å². The Morgan fingerprint density at radius 3 is 2.68 bits per heavy atom. The van der Waals surface area contributed by atoms with E-state index >= 15 is 0 Å². The maximum Gasteiger partial charge on any atom is 0.120 e. The third-order valence-corrected chi connectivity index (χ3v) is 7.55. The van der Waals surface area contributed by atoms with Crippen molar-refractivity contribution in [2.75, 3.05) is 20.2 Å². The maximum atomic E-state index is 9.07. The molecule has 0 radical (unpaired) electrons. The zero-order valence-electron chi connectivity index (χ0n) is 17.1. The largest absolute Gasteiger partial charge is 0.488 e. The van der Waals surface area contributed by atoms with Crippen LogP contribution in [0.3, 0.4) is 0 Å². The number of hydrogen-bond donors (Lipinski definition) is 1. The standard InChI is InChI=1S/C23H33N3O2/c1-23-10-9-20(27-2)12-17(23)13-21(26-11-3-4-18(25)15-26)22(23)28-19-7-5-16(14-24)6-8-19/h5-8,17-18,20-22H,3-4,9-13,15,25H2,1-2H3. The van der Waals surface area contributed by atoms with Crippen LogP contribution in [0.2, 0.25) is 0 Å². The van der Waals surface area contributed by atoms with Crippen molar-refractivity contribution in [1.29, 1.82) is 5.26 Å². The normalized spacial score (nSPS) is 38.6. The molecule has 2 saturated carbocycles. The second-order valence-corrected chi connectivity index (χ2v) is 9.21. The SMILES string of the molecule is COC1CCC2(C)C(C1)CC(N1CCCC(N)C1)C2Oc1ccc(C#N)cc1. The first-order valence-corrected chi connectivity index (χ1v) is 10.7. The Bertz CT molecular complexity index is 716. The van der Waals surface area contributed by atoms with Gasteiger partial charge in [-0.2, -0.15) is 5.26 Å². The second-order valence-electron chi connectivity index (χ2n) is 9.21. The Labute approximate surface area is 168 Å². The number of hydrogen-bond acceptors (Lipinski definition) is 5. The number of rotatable bonds is 4. The topological polar surface area (TPSA) is 71.5 Å². The molecule has 2 N–H and O–H groups in total. The van der Waals surface area contributed by atoms with Crippen LogP contribution in [-0.2, 0) is 4.74 Å². The number of nitrogens with zero attached hydrogens (tertiary/aromatic N) is 2. The van der Waals surface area contributed by atoms with Crippen molar-refractivity contribution < 1.29 is 9.47 Å². The van der Waals surface area contributed by atoms with E-state index in [1.54, 1.807) is 0 Å². The Morgan fingerprint density at radius 1 is 1.21 bits per heavy atom. The summed E-state index contributed by atoms with van der Waals surface area (Å²) >= 11 is 0. The number of benzene rings is 1. The van der Waals surface area contributed by atoms with Crippen LogP contribution in [0.25, 0.3) is 0 Å². The molecule has 0 aromatic heterocycles. The molecule has 152 valence electrons. The van der Waals surface area contributed by atoms with Crippen LogP contribution < -0.4 is 10.5 Å². The van der Waals surface area contributed by atoms with Crippen molar-refractivity contribution in [3.05, 3.63) is 29.8 Å². The number of ether oxygens (including phenoxy) is 2. The van der Waals surface area contributed by atoms with Gasteiger partial charge in [0, 0.05) is 31.2 Å². The van der Waals surface area contributed by atoms with Gasteiger partial charge >= 0.3 is 0 Å². The van der Waals surface area contributed by atoms with E-state index in [-0.39, 0.29) is 17.6 Å². The lowest BCUT2D eigenvalue weighted by atomic mass is 9.67. The summed E-state index contributed by atoms with van der Waals surface area (Å²) < 4.78 is 12.4. The summed E-state index contributed by atoms with van der Waals surface area (Å²) in [6, 6.07) is 10.4. The molecule has 0 bridgehead atoms. The van der Waals surface area contributed by atoms with Crippen LogP contribution in [0.5, 0.6) is 5.75 Å². The van der Waals surface area contributed by atoms with Gasteiger partial charge in [0.2, 0.25) is 0 Å². The van der Waals surface area contributed by atoms with Gasteiger partial charge in [-0.1, -0.05) is 6.92 Å². The summed E-state index contributed by atoms with van der Waals surface area (Å²) in [5.74, 6) is 1.48. The molecule has 28 heavy (non-hydrogen) atoms. The Morgan fingerprint density at radius 2 is 2.00 bits per heavy atom. The minimum absolute atomic E-state index is 0.147. The van der Waals surface area contributed by atoms with Gasteiger partial charge in [-0.05, 0) is 75.3 Å². The molecule has 2 aliphatic carbocycles. The second kappa shape index (κ2) is 8.02. The molecule has 1 heterocycles. The van der Waals surface area contributed by atoms with Gasteiger partial charge in [0.1, 0.15) is 11.9 Å². The molecule has 1 aromatic rings. The number of nitrogens with two attached hydrogens (primary N) is 1. The molecule has 6 atom stereocenters. The molecule has 0 spiro atoms. The highest BCUT2D eigenvalue weighted by Gasteiger charge is 2.57. The van der Waals surface area contributed by atoms with E-state index in [9.17, 15) is 0 Å². The van der Waals surface area contributed by atoms with Gasteiger partial charge in [-0.25, -0.2) is 0 Å². The van der Waals surface area contributed by atoms with Crippen molar-refractivity contribution in [3.8, 4) is 11.8 Å². The van der Waals surface area contributed by atoms with Crippen LogP contribution in [0.15, 0.2) is 24.3 Å². The molecule has 6 unspecified atom stereocenters. The van der Waals surface area contributed by atoms with Crippen molar-refractivity contribution in [2.24, 2.45) is 17.1 Å². The predicted molar refractivity (Wildman–Crippen MR) is 109 cm³/mol. The lowest BCUT2D eigenvalue weighted by molar-refractivity contribution is -0.0427. The minimum Gasteiger partial charge on any atom is -0.488 e. The smallest absolute Gasteiger partial charge is 0.120 e. The number of piperidine rings is 1. The molecule has 4 rings (SSSR count). The molecule has 1 saturated heterocycles. The van der Waals surface area contributed by atoms with Crippen LogP contribution in [0.1, 0.15) is 51.0 Å². The van der Waals surface area contributed by atoms with Gasteiger partial charge in [0.15, 0.2) is 0 Å². The molecular formula is C23H33N3O2. The van der Waals surface area contributed by atoms with Crippen molar-refractivity contribution in [2.45, 2.75) is 69.7 Å². The van der Waals surface area contributed by atoms with E-state index in [0.29, 0.717) is 23.6 Å². The average Bonchev–Trinajstić information content (AvgIpc) is 3.00. The molecule has 5 nitrogen and oxygen atoms in total. The lowest BCUT2D eigenvalue weighted by Crippen LogP contribution is -2.54. The number of nitriles is 1. The van der Waals surface area contributed by atoms with Gasteiger partial charge < -0.3 is 15.2 Å². The molecule has 5 heteroatoms. The summed E-state index contributed by atoms with van der Waals surface area (Å²) in [7, 11) is 1.84. The molecule has 0 amide bonds. The van der Waals surface area contributed by atoms with Crippen molar-refractivity contribution >= 4 is 0 Å². The van der Waals surface area contributed by atoms with Crippen LogP contribution in [0.4, 0.5) is 0 Å². The van der Waals surface area contributed by atoms with Crippen LogP contribution in [-0.4, -0.2) is 49.4 Å². The highest BCUT2D eigenvalue weighted by atomic mass is 16.5. The Kier molecular flexibility index (Phi) is 5.64. The molecular weight excluding hydrogens is 350 g/mol. The summed E-state index contributed by atoms with van der Waals surface area (Å²) in [4.78, 5) is 2.59. The summed E-state index contributed by atoms with van der Waals surface area (Å²) in [6.07, 6.45) is 7.32. The number of methoxy groups -OCH3 is 1. The zero-order valence-corrected chi connectivity index (χ0v) is 17.1. The van der Waals surface area contributed by atoms with E-state index in [1.807, 2.05) is 31.4 Å². The summed E-state index contributed by atoms with van der Waals surface area (Å²) in [6.45, 7) is 4.50. The fourth-order valence-corrected chi connectivity index (χ4v) is 5.84. The van der Waals surface area contributed by atoms with E-state index in [4.69, 9.17) is 20.5 Å². The Hall–Kier alpha value is -1.61. The fourth-order valence-electron chi connectivity index (χ4n) is 5.84. The highest BCUT2D eigenvalue weighted by molar-refractivity contribution is 5.35. The monoisotopic (exact) mass is 383 g/mol. The van der Waals surface area contributed by atoms with Gasteiger partial charge in [-0.3, -0.25) is 4.90 Å². The first kappa shape index (κ1) is 19.7. The average molecular weight is 384 g/mol. The summed E-state index contributed by atoms with van der Waals surface area (Å²) in [5, 5.41) is 9.07. The number of fused-ring (bicyclic) bond motifs is 1. The van der Waals surface area contributed by atoms with Gasteiger partial charge in [-0.15, -0.1) is 0 Å². The molecule has 3 aliphatic rings. The molecule has 1 aromatic carbocycles. The van der Waals surface area contributed by atoms with Crippen LogP contribution >= 0.6 is 0 Å². The highest BCUT2D eigenvalue weighted by Crippen LogP contribution is 2.55. The van der Waals surface area contributed by atoms with E-state index in [2.05, 4.69) is 17.9 Å². The predicted octanol–water partition coefficient (Wildman–Crippen LogP) is 3.32. The molecule has 1 aliphatic heterocycles. The quantitative estimate of drug-likeness (QED) is 0.863. The summed E-state index contributed by atoms with van der Waals surface area (Å²) in [5.41, 5.74) is 7.13. The third-order valence-electron chi connectivity index (χ3n) is 7.55. The molecule has 3 fully saturated rings. The maximum absolute atomic E-state index is 9.07. The van der Waals surface area contributed by atoms with Crippen molar-refractivity contribution in [3.63, 3.8) is 0 Å². The zero-order chi connectivity index (χ0) is 19.7.